The van der Waals surface area contributed by atoms with E-state index in [1.54, 1.807) is 24.5 Å². The molecule has 0 aliphatic rings. The molecule has 0 aliphatic carbocycles. The Morgan fingerprint density at radius 2 is 1.91 bits per heavy atom. The second kappa shape index (κ2) is 10.8. The number of aliphatic hydroxyl groups excluding tert-OH is 1. The third-order valence-corrected chi connectivity index (χ3v) is 6.12. The molecule has 0 spiro atoms. The van der Waals surface area contributed by atoms with E-state index in [0.29, 0.717) is 23.8 Å². The number of carbonyl (C=O) groups is 1. The zero-order chi connectivity index (χ0) is 24.1. The highest BCUT2D eigenvalue weighted by Crippen LogP contribution is 2.24. The number of nitrogens with zero attached hydrogens (tertiary/aromatic N) is 2. The van der Waals surface area contributed by atoms with E-state index in [9.17, 15) is 9.90 Å². The van der Waals surface area contributed by atoms with E-state index in [2.05, 4.69) is 29.4 Å². The van der Waals surface area contributed by atoms with E-state index in [1.165, 1.54) is 7.11 Å². The van der Waals surface area contributed by atoms with Gasteiger partial charge in [-0.05, 0) is 72.5 Å². The molecule has 4 rings (SSSR count). The molecule has 2 atom stereocenters. The Labute approximate surface area is 204 Å². The topological polar surface area (TPSA) is 76.4 Å². The van der Waals surface area contributed by atoms with Crippen LogP contribution >= 0.6 is 11.6 Å². The number of nitrogens with one attached hydrogen (secondary N) is 1. The van der Waals surface area contributed by atoms with Gasteiger partial charge in [0, 0.05) is 47.5 Å². The fourth-order valence-corrected chi connectivity index (χ4v) is 4.33. The van der Waals surface area contributed by atoms with Gasteiger partial charge in [-0.15, -0.1) is 0 Å². The van der Waals surface area contributed by atoms with Crippen LogP contribution in [0.3, 0.4) is 0 Å². The number of halogens is 1. The minimum absolute atomic E-state index is 0.144. The highest BCUT2D eigenvalue weighted by Gasteiger charge is 2.17. The molecule has 34 heavy (non-hydrogen) atoms. The monoisotopic (exact) mass is 477 g/mol. The second-order valence-corrected chi connectivity index (χ2v) is 8.88. The molecule has 0 saturated heterocycles. The summed E-state index contributed by atoms with van der Waals surface area (Å²) < 4.78 is 7.00. The maximum atomic E-state index is 12.4. The number of esters is 1. The molecule has 7 heteroatoms. The number of aliphatic hydroxyl groups is 1. The van der Waals surface area contributed by atoms with Crippen molar-refractivity contribution in [2.24, 2.45) is 0 Å². The van der Waals surface area contributed by atoms with Crippen molar-refractivity contribution in [2.75, 3.05) is 13.7 Å². The predicted molar refractivity (Wildman–Crippen MR) is 134 cm³/mol. The number of ether oxygens (including phenoxy) is 1. The van der Waals surface area contributed by atoms with E-state index in [-0.39, 0.29) is 12.0 Å². The first kappa shape index (κ1) is 24.0. The first-order valence-electron chi connectivity index (χ1n) is 11.2. The quantitative estimate of drug-likeness (QED) is 0.339. The molecule has 0 bridgehead atoms. The van der Waals surface area contributed by atoms with Gasteiger partial charge in [-0.25, -0.2) is 4.79 Å². The lowest BCUT2D eigenvalue weighted by Crippen LogP contribution is -2.32. The van der Waals surface area contributed by atoms with Crippen LogP contribution in [0.2, 0.25) is 5.02 Å². The van der Waals surface area contributed by atoms with Crippen LogP contribution in [0.5, 0.6) is 0 Å². The summed E-state index contributed by atoms with van der Waals surface area (Å²) in [6, 6.07) is 19.4. The van der Waals surface area contributed by atoms with Gasteiger partial charge >= 0.3 is 5.97 Å². The summed E-state index contributed by atoms with van der Waals surface area (Å²) in [6.45, 7) is 3.07. The van der Waals surface area contributed by atoms with Crippen LogP contribution in [0.25, 0.3) is 10.9 Å². The van der Waals surface area contributed by atoms with Crippen LogP contribution in [-0.4, -0.2) is 40.3 Å². The van der Waals surface area contributed by atoms with Gasteiger partial charge in [0.2, 0.25) is 0 Å². The number of rotatable bonds is 9. The summed E-state index contributed by atoms with van der Waals surface area (Å²) in [4.78, 5) is 16.5. The normalized spacial score (nSPS) is 13.1. The Morgan fingerprint density at radius 1 is 1.12 bits per heavy atom. The standard InChI is InChI=1S/C27H28ClN3O3/c1-18(30-16-26(32)21-4-3-5-23(28)14-21)12-20-6-7-24-22(13-20)15-25(27(33)34-2)31(24)17-19-8-10-29-11-9-19/h3-11,13-15,18,26,30,32H,12,16-17H2,1-2H3/t18-,26-/m1/s1. The number of hydrogen-bond acceptors (Lipinski definition) is 5. The van der Waals surface area contributed by atoms with Gasteiger partial charge < -0.3 is 19.7 Å². The molecule has 6 nitrogen and oxygen atoms in total. The fraction of sp³-hybridized carbons (Fsp3) is 0.259. The van der Waals surface area contributed by atoms with Crippen molar-refractivity contribution >= 4 is 28.5 Å². The van der Waals surface area contributed by atoms with E-state index in [4.69, 9.17) is 16.3 Å². The van der Waals surface area contributed by atoms with Crippen LogP contribution in [0.4, 0.5) is 0 Å². The maximum absolute atomic E-state index is 12.4. The van der Waals surface area contributed by atoms with Gasteiger partial charge in [0.1, 0.15) is 5.69 Å². The van der Waals surface area contributed by atoms with Gasteiger partial charge in [0.25, 0.3) is 0 Å². The smallest absolute Gasteiger partial charge is 0.354 e. The van der Waals surface area contributed by atoms with Crippen molar-refractivity contribution in [1.82, 2.24) is 14.9 Å². The number of carbonyl (C=O) groups excluding carboxylic acids is 1. The van der Waals surface area contributed by atoms with Gasteiger partial charge in [-0.3, -0.25) is 4.98 Å². The van der Waals surface area contributed by atoms with Crippen LogP contribution in [0, 0.1) is 0 Å². The molecule has 2 heterocycles. The molecule has 0 aliphatic heterocycles. The first-order chi connectivity index (χ1) is 16.4. The lowest BCUT2D eigenvalue weighted by atomic mass is 10.0. The molecular formula is C27H28ClN3O3. The second-order valence-electron chi connectivity index (χ2n) is 8.44. The van der Waals surface area contributed by atoms with Crippen LogP contribution in [0.1, 0.15) is 40.2 Å². The van der Waals surface area contributed by atoms with E-state index in [0.717, 1.165) is 34.0 Å². The Bertz CT molecular complexity index is 1270. The summed E-state index contributed by atoms with van der Waals surface area (Å²) in [7, 11) is 1.40. The summed E-state index contributed by atoms with van der Waals surface area (Å²) in [6.07, 6.45) is 3.64. The third kappa shape index (κ3) is 5.65. The Hall–Kier alpha value is -3.19. The number of aromatic nitrogens is 2. The van der Waals surface area contributed by atoms with Crippen molar-refractivity contribution in [3.05, 3.63) is 100 Å². The lowest BCUT2D eigenvalue weighted by molar-refractivity contribution is 0.0589. The highest BCUT2D eigenvalue weighted by molar-refractivity contribution is 6.30. The molecule has 0 saturated carbocycles. The average molecular weight is 478 g/mol. The van der Waals surface area contributed by atoms with Crippen molar-refractivity contribution in [3.63, 3.8) is 0 Å². The lowest BCUT2D eigenvalue weighted by Gasteiger charge is -2.18. The fourth-order valence-electron chi connectivity index (χ4n) is 4.13. The molecule has 2 aromatic heterocycles. The molecule has 0 radical (unpaired) electrons. The molecule has 176 valence electrons. The third-order valence-electron chi connectivity index (χ3n) is 5.89. The Morgan fingerprint density at radius 3 is 2.65 bits per heavy atom. The Kier molecular flexibility index (Phi) is 7.63. The first-order valence-corrected chi connectivity index (χ1v) is 11.6. The van der Waals surface area contributed by atoms with Crippen molar-refractivity contribution in [3.8, 4) is 0 Å². The number of fused-ring (bicyclic) bond motifs is 1. The van der Waals surface area contributed by atoms with Gasteiger partial charge in [0.05, 0.1) is 13.2 Å². The van der Waals surface area contributed by atoms with Gasteiger partial charge in [-0.2, -0.15) is 0 Å². The van der Waals surface area contributed by atoms with Crippen LogP contribution < -0.4 is 5.32 Å². The molecule has 2 N–H and O–H groups in total. The molecule has 0 fully saturated rings. The SMILES string of the molecule is COC(=O)c1cc2cc(C[C@@H](C)NC[C@@H](O)c3cccc(Cl)c3)ccc2n1Cc1ccncc1. The minimum atomic E-state index is -0.631. The zero-order valence-corrected chi connectivity index (χ0v) is 20.0. The minimum Gasteiger partial charge on any atom is -0.464 e. The summed E-state index contributed by atoms with van der Waals surface area (Å²) in [5, 5.41) is 15.5. The molecule has 0 unspecified atom stereocenters. The number of methoxy groups -OCH3 is 1. The highest BCUT2D eigenvalue weighted by atomic mass is 35.5. The molecule has 0 amide bonds. The summed E-state index contributed by atoms with van der Waals surface area (Å²) >= 11 is 6.03. The molecule has 4 aromatic rings. The zero-order valence-electron chi connectivity index (χ0n) is 19.2. The Balaban J connectivity index is 1.48. The van der Waals surface area contributed by atoms with Crippen LogP contribution in [0.15, 0.2) is 73.1 Å². The number of benzene rings is 2. The summed E-state index contributed by atoms with van der Waals surface area (Å²) in [5.41, 5.74) is 4.47. The molecular weight excluding hydrogens is 450 g/mol. The number of pyridine rings is 1. The van der Waals surface area contributed by atoms with Crippen molar-refractivity contribution < 1.29 is 14.6 Å². The average Bonchev–Trinajstić information content (AvgIpc) is 3.20. The van der Waals surface area contributed by atoms with Gasteiger partial charge in [-0.1, -0.05) is 29.8 Å². The largest absolute Gasteiger partial charge is 0.464 e. The maximum Gasteiger partial charge on any atom is 0.354 e. The van der Waals surface area contributed by atoms with E-state index in [1.807, 2.05) is 41.0 Å². The number of hydrogen-bond donors (Lipinski definition) is 2. The van der Waals surface area contributed by atoms with Gasteiger partial charge in [0.15, 0.2) is 0 Å². The van der Waals surface area contributed by atoms with Crippen molar-refractivity contribution in [1.29, 1.82) is 0 Å². The van der Waals surface area contributed by atoms with E-state index >= 15 is 0 Å². The summed E-state index contributed by atoms with van der Waals surface area (Å²) in [5.74, 6) is -0.364. The van der Waals surface area contributed by atoms with Crippen molar-refractivity contribution in [2.45, 2.75) is 32.0 Å². The predicted octanol–water partition coefficient (Wildman–Crippen LogP) is 4.78. The van der Waals surface area contributed by atoms with E-state index < -0.39 is 6.10 Å². The molecule has 2 aromatic carbocycles. The van der Waals surface area contributed by atoms with Crippen LogP contribution in [-0.2, 0) is 17.7 Å².